The zero-order valence-electron chi connectivity index (χ0n) is 10.7. The van der Waals surface area contributed by atoms with E-state index >= 15 is 0 Å². The molecule has 1 heterocycles. The molecule has 0 amide bonds. The number of H-pyrrole nitrogens is 1. The van der Waals surface area contributed by atoms with E-state index in [2.05, 4.69) is 24.0 Å². The Morgan fingerprint density at radius 2 is 1.89 bits per heavy atom. The molecule has 0 aliphatic heterocycles. The van der Waals surface area contributed by atoms with Gasteiger partial charge in [0.25, 0.3) is 0 Å². The number of hydrogen-bond donors (Lipinski definition) is 2. The Bertz CT molecular complexity index is 579. The second-order valence-corrected chi connectivity index (χ2v) is 6.00. The highest BCUT2D eigenvalue weighted by Gasteiger charge is 2.31. The topological polar surface area (TPSA) is 41.8 Å². The summed E-state index contributed by atoms with van der Waals surface area (Å²) in [6.07, 6.45) is 5.78. The van der Waals surface area contributed by atoms with Crippen LogP contribution in [0, 0.1) is 6.92 Å². The molecule has 96 valence electrons. The number of aromatic nitrogens is 1. The summed E-state index contributed by atoms with van der Waals surface area (Å²) in [5, 5.41) is 1.98. The Morgan fingerprint density at radius 3 is 2.61 bits per heavy atom. The van der Waals surface area contributed by atoms with Crippen LogP contribution in [0.4, 0.5) is 0 Å². The van der Waals surface area contributed by atoms with Gasteiger partial charge in [-0.15, -0.1) is 0 Å². The lowest BCUT2D eigenvalue weighted by molar-refractivity contribution is 0.302. The van der Waals surface area contributed by atoms with Crippen LogP contribution in [0.15, 0.2) is 18.2 Å². The first-order valence-corrected chi connectivity index (χ1v) is 7.04. The van der Waals surface area contributed by atoms with Gasteiger partial charge < -0.3 is 10.7 Å². The summed E-state index contributed by atoms with van der Waals surface area (Å²) in [6.45, 7) is 2.06. The Morgan fingerprint density at radius 1 is 1.17 bits per heavy atom. The molecule has 2 aromatic rings. The van der Waals surface area contributed by atoms with Crippen LogP contribution in [-0.4, -0.2) is 4.98 Å². The molecule has 18 heavy (non-hydrogen) atoms. The highest BCUT2D eigenvalue weighted by atomic mass is 35.5. The summed E-state index contributed by atoms with van der Waals surface area (Å²) in [6, 6.07) is 6.31. The fourth-order valence-electron chi connectivity index (χ4n) is 3.13. The maximum absolute atomic E-state index is 6.58. The number of rotatable bonds is 1. The van der Waals surface area contributed by atoms with Crippen LogP contribution in [0.2, 0.25) is 5.02 Å². The lowest BCUT2D eigenvalue weighted by atomic mass is 9.77. The molecule has 0 saturated heterocycles. The molecule has 3 N–H and O–H groups in total. The molecule has 3 rings (SSSR count). The van der Waals surface area contributed by atoms with Gasteiger partial charge in [-0.1, -0.05) is 30.9 Å². The highest BCUT2D eigenvalue weighted by Crippen LogP contribution is 2.39. The summed E-state index contributed by atoms with van der Waals surface area (Å²) in [5.41, 5.74) is 9.76. The smallest absolute Gasteiger partial charge is 0.0464 e. The fourth-order valence-corrected chi connectivity index (χ4v) is 3.49. The number of hydrogen-bond acceptors (Lipinski definition) is 1. The van der Waals surface area contributed by atoms with Crippen molar-refractivity contribution < 1.29 is 0 Å². The Labute approximate surface area is 113 Å². The Balaban J connectivity index is 2.12. The first kappa shape index (κ1) is 12.1. The summed E-state index contributed by atoms with van der Waals surface area (Å²) < 4.78 is 0. The quantitative estimate of drug-likeness (QED) is 0.793. The van der Waals surface area contributed by atoms with Crippen molar-refractivity contribution >= 4 is 22.5 Å². The largest absolute Gasteiger partial charge is 0.359 e. The highest BCUT2D eigenvalue weighted by molar-refractivity contribution is 6.32. The second-order valence-electron chi connectivity index (χ2n) is 5.59. The van der Waals surface area contributed by atoms with E-state index in [9.17, 15) is 0 Å². The van der Waals surface area contributed by atoms with E-state index in [1.165, 1.54) is 24.6 Å². The predicted molar refractivity (Wildman–Crippen MR) is 77.0 cm³/mol. The van der Waals surface area contributed by atoms with Crippen molar-refractivity contribution in [3.05, 3.63) is 34.5 Å². The maximum atomic E-state index is 6.58. The number of aromatic amines is 1. The SMILES string of the molecule is Cc1cc2cc(Cl)c(C3(N)CCCCC3)cc2[nH]1. The lowest BCUT2D eigenvalue weighted by Gasteiger charge is -2.34. The molecule has 2 nitrogen and oxygen atoms in total. The molecule has 1 aliphatic carbocycles. The van der Waals surface area contributed by atoms with Crippen LogP contribution in [-0.2, 0) is 5.54 Å². The number of nitrogens with one attached hydrogen (secondary N) is 1. The molecule has 1 fully saturated rings. The van der Waals surface area contributed by atoms with E-state index in [-0.39, 0.29) is 5.54 Å². The molecule has 1 aromatic heterocycles. The fraction of sp³-hybridized carbons (Fsp3) is 0.467. The van der Waals surface area contributed by atoms with E-state index in [1.807, 2.05) is 6.07 Å². The van der Waals surface area contributed by atoms with Crippen molar-refractivity contribution in [2.75, 3.05) is 0 Å². The lowest BCUT2D eigenvalue weighted by Crippen LogP contribution is -2.38. The van der Waals surface area contributed by atoms with Gasteiger partial charge in [-0.3, -0.25) is 0 Å². The molecule has 3 heteroatoms. The Kier molecular flexibility index (Phi) is 2.87. The third kappa shape index (κ3) is 1.94. The van der Waals surface area contributed by atoms with Crippen LogP contribution in [0.5, 0.6) is 0 Å². The summed E-state index contributed by atoms with van der Waals surface area (Å²) >= 11 is 6.44. The summed E-state index contributed by atoms with van der Waals surface area (Å²) in [4.78, 5) is 3.37. The van der Waals surface area contributed by atoms with Gasteiger partial charge >= 0.3 is 0 Å². The zero-order chi connectivity index (χ0) is 12.8. The van der Waals surface area contributed by atoms with Gasteiger partial charge in [0.2, 0.25) is 0 Å². The predicted octanol–water partition coefficient (Wildman–Crippen LogP) is 4.25. The molecule has 0 spiro atoms. The van der Waals surface area contributed by atoms with Crippen LogP contribution in [0.1, 0.15) is 43.4 Å². The van der Waals surface area contributed by atoms with E-state index in [1.54, 1.807) is 0 Å². The molecule has 0 unspecified atom stereocenters. The zero-order valence-corrected chi connectivity index (χ0v) is 11.5. The monoisotopic (exact) mass is 262 g/mol. The van der Waals surface area contributed by atoms with Crippen LogP contribution < -0.4 is 5.73 Å². The van der Waals surface area contributed by atoms with Crippen molar-refractivity contribution in [3.63, 3.8) is 0 Å². The molecular formula is C15H19ClN2. The van der Waals surface area contributed by atoms with Gasteiger partial charge in [-0.25, -0.2) is 0 Å². The molecular weight excluding hydrogens is 244 g/mol. The third-order valence-electron chi connectivity index (χ3n) is 4.13. The molecule has 0 atom stereocenters. The van der Waals surface area contributed by atoms with Gasteiger partial charge in [-0.2, -0.15) is 0 Å². The van der Waals surface area contributed by atoms with Gasteiger partial charge in [0.15, 0.2) is 0 Å². The first-order valence-electron chi connectivity index (χ1n) is 6.67. The van der Waals surface area contributed by atoms with Crippen LogP contribution in [0.3, 0.4) is 0 Å². The average Bonchev–Trinajstić information content (AvgIpc) is 2.68. The van der Waals surface area contributed by atoms with Crippen molar-refractivity contribution in [2.24, 2.45) is 5.73 Å². The van der Waals surface area contributed by atoms with Crippen LogP contribution >= 0.6 is 11.6 Å². The standard InChI is InChI=1S/C15H19ClN2/c1-10-7-11-8-13(16)12(9-14(11)18-10)15(17)5-3-2-4-6-15/h7-9,18H,2-6,17H2,1H3. The number of aryl methyl sites for hydroxylation is 1. The van der Waals surface area contributed by atoms with E-state index < -0.39 is 0 Å². The third-order valence-corrected chi connectivity index (χ3v) is 4.44. The Hall–Kier alpha value is -0.990. The first-order chi connectivity index (χ1) is 8.58. The van der Waals surface area contributed by atoms with Crippen molar-refractivity contribution in [1.82, 2.24) is 4.98 Å². The maximum Gasteiger partial charge on any atom is 0.0464 e. The molecule has 1 saturated carbocycles. The summed E-state index contributed by atoms with van der Waals surface area (Å²) in [7, 11) is 0. The number of halogens is 1. The summed E-state index contributed by atoms with van der Waals surface area (Å²) in [5.74, 6) is 0. The van der Waals surface area contributed by atoms with E-state index in [4.69, 9.17) is 17.3 Å². The molecule has 0 bridgehead atoms. The number of fused-ring (bicyclic) bond motifs is 1. The van der Waals surface area contributed by atoms with E-state index in [0.29, 0.717) is 0 Å². The van der Waals surface area contributed by atoms with Crippen LogP contribution in [0.25, 0.3) is 10.9 Å². The average molecular weight is 263 g/mol. The van der Waals surface area contributed by atoms with Crippen molar-refractivity contribution in [1.29, 1.82) is 0 Å². The van der Waals surface area contributed by atoms with Gasteiger partial charge in [0, 0.05) is 27.2 Å². The minimum absolute atomic E-state index is 0.234. The minimum atomic E-state index is -0.234. The molecule has 1 aromatic carbocycles. The molecule has 0 radical (unpaired) electrons. The number of nitrogens with two attached hydrogens (primary N) is 1. The van der Waals surface area contributed by atoms with Gasteiger partial charge in [-0.05, 0) is 43.5 Å². The van der Waals surface area contributed by atoms with Crippen molar-refractivity contribution in [3.8, 4) is 0 Å². The second kappa shape index (κ2) is 4.29. The molecule has 1 aliphatic rings. The minimum Gasteiger partial charge on any atom is -0.359 e. The normalized spacial score (nSPS) is 19.3. The van der Waals surface area contributed by atoms with Gasteiger partial charge in [0.1, 0.15) is 0 Å². The number of benzene rings is 1. The van der Waals surface area contributed by atoms with Gasteiger partial charge in [0.05, 0.1) is 0 Å². The van der Waals surface area contributed by atoms with E-state index in [0.717, 1.165) is 34.6 Å². The van der Waals surface area contributed by atoms with Crippen molar-refractivity contribution in [2.45, 2.75) is 44.6 Å².